The highest BCUT2D eigenvalue weighted by molar-refractivity contribution is 5.46. The maximum absolute atomic E-state index is 12.6. The molecule has 1 aliphatic heterocycles. The molecule has 1 atom stereocenters. The number of nitrogens with zero attached hydrogens (tertiary/aromatic N) is 2. The summed E-state index contributed by atoms with van der Waals surface area (Å²) < 4.78 is 37.9. The third-order valence-electron chi connectivity index (χ3n) is 3.42. The van der Waals surface area contributed by atoms with Crippen LogP contribution in [-0.2, 0) is 6.18 Å². The summed E-state index contributed by atoms with van der Waals surface area (Å²) in [4.78, 5) is 12.2. The van der Waals surface area contributed by atoms with Crippen LogP contribution < -0.4 is 5.32 Å². The Morgan fingerprint density at radius 2 is 2.15 bits per heavy atom. The molecule has 1 saturated heterocycles. The average molecular weight is 289 g/mol. The molecule has 1 N–H and O–H groups in total. The van der Waals surface area contributed by atoms with E-state index in [1.54, 1.807) is 7.05 Å². The van der Waals surface area contributed by atoms with Gasteiger partial charge in [-0.05, 0) is 19.2 Å². The van der Waals surface area contributed by atoms with Gasteiger partial charge in [-0.2, -0.15) is 13.2 Å². The van der Waals surface area contributed by atoms with Crippen molar-refractivity contribution < 1.29 is 18.1 Å². The average Bonchev–Trinajstić information content (AvgIpc) is 2.37. The van der Waals surface area contributed by atoms with Gasteiger partial charge in [-0.25, -0.2) is 0 Å². The Kier molecular flexibility index (Phi) is 3.96. The van der Waals surface area contributed by atoms with E-state index in [-0.39, 0.29) is 6.04 Å². The Balaban J connectivity index is 2.45. The van der Waals surface area contributed by atoms with Crippen LogP contribution in [0.1, 0.15) is 17.2 Å². The lowest BCUT2D eigenvalue weighted by Gasteiger charge is -2.33. The normalized spacial score (nSPS) is 20.9. The summed E-state index contributed by atoms with van der Waals surface area (Å²) in [6.07, 6.45) is -4.58. The zero-order valence-electron chi connectivity index (χ0n) is 10.8. The molecular formula is C12H14F3N3O2. The summed E-state index contributed by atoms with van der Waals surface area (Å²) in [7, 11) is 1.80. The maximum Gasteiger partial charge on any atom is 0.416 e. The number of halogens is 3. The van der Waals surface area contributed by atoms with Gasteiger partial charge in [0.25, 0.3) is 5.69 Å². The van der Waals surface area contributed by atoms with Crippen molar-refractivity contribution in [2.45, 2.75) is 12.2 Å². The molecule has 0 saturated carbocycles. The summed E-state index contributed by atoms with van der Waals surface area (Å²) >= 11 is 0. The van der Waals surface area contributed by atoms with Crippen LogP contribution in [0.4, 0.5) is 18.9 Å². The van der Waals surface area contributed by atoms with E-state index in [2.05, 4.69) is 5.32 Å². The smallest absolute Gasteiger partial charge is 0.314 e. The molecule has 1 heterocycles. The number of hydrogen-bond acceptors (Lipinski definition) is 4. The number of piperazine rings is 1. The van der Waals surface area contributed by atoms with Crippen LogP contribution in [-0.4, -0.2) is 36.5 Å². The molecule has 2 rings (SSSR count). The van der Waals surface area contributed by atoms with Crippen molar-refractivity contribution in [1.29, 1.82) is 0 Å². The van der Waals surface area contributed by atoms with E-state index < -0.39 is 22.4 Å². The molecule has 0 aliphatic carbocycles. The highest BCUT2D eigenvalue weighted by Crippen LogP contribution is 2.36. The zero-order chi connectivity index (χ0) is 14.9. The quantitative estimate of drug-likeness (QED) is 0.670. The van der Waals surface area contributed by atoms with Gasteiger partial charge in [0.1, 0.15) is 0 Å². The standard InChI is InChI=1S/C12H14F3N3O2/c1-17-5-4-16-7-11(17)9-3-2-8(12(13,14)15)6-10(9)18(19)20/h2-3,6,11,16H,4-5,7H2,1H3. The minimum absolute atomic E-state index is 0.300. The van der Waals surface area contributed by atoms with Crippen molar-refractivity contribution >= 4 is 5.69 Å². The number of nitro benzene ring substituents is 1. The van der Waals surface area contributed by atoms with Gasteiger partial charge in [0.15, 0.2) is 0 Å². The topological polar surface area (TPSA) is 58.4 Å². The van der Waals surface area contributed by atoms with Crippen LogP contribution in [0.3, 0.4) is 0 Å². The minimum Gasteiger partial charge on any atom is -0.314 e. The highest BCUT2D eigenvalue weighted by atomic mass is 19.4. The summed E-state index contributed by atoms with van der Waals surface area (Å²) in [6.45, 7) is 1.91. The predicted octanol–water partition coefficient (Wildman–Crippen LogP) is 2.19. The molecule has 1 aliphatic rings. The second kappa shape index (κ2) is 5.37. The molecule has 0 radical (unpaired) electrons. The summed E-state index contributed by atoms with van der Waals surface area (Å²) in [5, 5.41) is 14.1. The first kappa shape index (κ1) is 14.7. The number of nitrogens with one attached hydrogen (secondary N) is 1. The number of likely N-dealkylation sites (N-methyl/N-ethyl adjacent to an activating group) is 1. The molecule has 1 aromatic carbocycles. The Morgan fingerprint density at radius 3 is 2.70 bits per heavy atom. The number of hydrogen-bond donors (Lipinski definition) is 1. The number of alkyl halides is 3. The van der Waals surface area contributed by atoms with Crippen LogP contribution >= 0.6 is 0 Å². The van der Waals surface area contributed by atoms with E-state index >= 15 is 0 Å². The lowest BCUT2D eigenvalue weighted by atomic mass is 9.99. The molecule has 110 valence electrons. The number of nitro groups is 1. The number of rotatable bonds is 2. The molecular weight excluding hydrogens is 275 g/mol. The van der Waals surface area contributed by atoms with Crippen molar-refractivity contribution in [1.82, 2.24) is 10.2 Å². The summed E-state index contributed by atoms with van der Waals surface area (Å²) in [6, 6.07) is 2.41. The minimum atomic E-state index is -4.58. The molecule has 1 unspecified atom stereocenters. The summed E-state index contributed by atoms with van der Waals surface area (Å²) in [5.41, 5.74) is -1.18. The molecule has 0 bridgehead atoms. The third-order valence-corrected chi connectivity index (χ3v) is 3.42. The lowest BCUT2D eigenvalue weighted by Crippen LogP contribution is -2.44. The van der Waals surface area contributed by atoms with Crippen LogP contribution in [0.5, 0.6) is 0 Å². The van der Waals surface area contributed by atoms with Gasteiger partial charge in [-0.3, -0.25) is 15.0 Å². The third kappa shape index (κ3) is 2.91. The van der Waals surface area contributed by atoms with E-state index in [1.807, 2.05) is 4.90 Å². The second-order valence-electron chi connectivity index (χ2n) is 4.73. The van der Waals surface area contributed by atoms with Gasteiger partial charge in [-0.15, -0.1) is 0 Å². The van der Waals surface area contributed by atoms with Gasteiger partial charge >= 0.3 is 6.18 Å². The summed E-state index contributed by atoms with van der Waals surface area (Å²) in [5.74, 6) is 0. The van der Waals surface area contributed by atoms with E-state index in [9.17, 15) is 23.3 Å². The first-order valence-corrected chi connectivity index (χ1v) is 6.07. The highest BCUT2D eigenvalue weighted by Gasteiger charge is 2.35. The van der Waals surface area contributed by atoms with Gasteiger partial charge in [0.2, 0.25) is 0 Å². The van der Waals surface area contributed by atoms with Crippen molar-refractivity contribution in [3.63, 3.8) is 0 Å². The largest absolute Gasteiger partial charge is 0.416 e. The Hall–Kier alpha value is -1.67. The van der Waals surface area contributed by atoms with E-state index in [4.69, 9.17) is 0 Å². The predicted molar refractivity (Wildman–Crippen MR) is 66.3 cm³/mol. The van der Waals surface area contributed by atoms with Crippen molar-refractivity contribution in [2.75, 3.05) is 26.7 Å². The van der Waals surface area contributed by atoms with E-state index in [1.165, 1.54) is 6.07 Å². The lowest BCUT2D eigenvalue weighted by molar-refractivity contribution is -0.386. The first-order chi connectivity index (χ1) is 9.30. The van der Waals surface area contributed by atoms with Crippen LogP contribution in [0.25, 0.3) is 0 Å². The van der Waals surface area contributed by atoms with Gasteiger partial charge in [0.05, 0.1) is 16.5 Å². The Labute approximate surface area is 113 Å². The fourth-order valence-corrected chi connectivity index (χ4v) is 2.31. The number of benzene rings is 1. The molecule has 1 fully saturated rings. The van der Waals surface area contributed by atoms with Gasteiger partial charge in [0, 0.05) is 31.3 Å². The Bertz CT molecular complexity index is 519. The molecule has 0 spiro atoms. The molecule has 0 amide bonds. The zero-order valence-corrected chi connectivity index (χ0v) is 10.8. The van der Waals surface area contributed by atoms with Crippen LogP contribution in [0.2, 0.25) is 0 Å². The molecule has 0 aromatic heterocycles. The van der Waals surface area contributed by atoms with Gasteiger partial charge in [-0.1, -0.05) is 0 Å². The fourth-order valence-electron chi connectivity index (χ4n) is 2.31. The van der Waals surface area contributed by atoms with E-state index in [0.29, 0.717) is 24.7 Å². The van der Waals surface area contributed by atoms with Crippen molar-refractivity contribution in [3.05, 3.63) is 39.4 Å². The molecule has 8 heteroatoms. The fraction of sp³-hybridized carbons (Fsp3) is 0.500. The van der Waals surface area contributed by atoms with Crippen molar-refractivity contribution in [3.8, 4) is 0 Å². The SMILES string of the molecule is CN1CCNCC1c1ccc(C(F)(F)F)cc1[N+](=O)[O-]. The van der Waals surface area contributed by atoms with Crippen molar-refractivity contribution in [2.24, 2.45) is 0 Å². The Morgan fingerprint density at radius 1 is 1.45 bits per heavy atom. The maximum atomic E-state index is 12.6. The molecule has 1 aromatic rings. The monoisotopic (exact) mass is 289 g/mol. The second-order valence-corrected chi connectivity index (χ2v) is 4.73. The molecule has 20 heavy (non-hydrogen) atoms. The van der Waals surface area contributed by atoms with Gasteiger partial charge < -0.3 is 5.32 Å². The van der Waals surface area contributed by atoms with E-state index in [0.717, 1.165) is 12.6 Å². The van der Waals surface area contributed by atoms with Crippen LogP contribution in [0.15, 0.2) is 18.2 Å². The van der Waals surface area contributed by atoms with Crippen LogP contribution in [0, 0.1) is 10.1 Å². The first-order valence-electron chi connectivity index (χ1n) is 6.07. The molecule has 5 nitrogen and oxygen atoms in total.